The van der Waals surface area contributed by atoms with Gasteiger partial charge in [-0.25, -0.2) is 9.37 Å². The number of nitrogens with zero attached hydrogens (tertiary/aromatic N) is 3. The number of fused-ring (bicyclic) bond motifs is 1. The largest absolute Gasteiger partial charge is 0.344 e. The van der Waals surface area contributed by atoms with Crippen molar-refractivity contribution >= 4 is 33.6 Å². The molecule has 1 N–H and O–H groups in total. The van der Waals surface area contributed by atoms with E-state index in [1.165, 1.54) is 40.1 Å². The Labute approximate surface area is 161 Å². The molecule has 0 unspecified atom stereocenters. The highest BCUT2D eigenvalue weighted by Crippen LogP contribution is 2.26. The van der Waals surface area contributed by atoms with Crippen LogP contribution >= 0.6 is 11.3 Å². The Hall–Kier alpha value is -2.99. The van der Waals surface area contributed by atoms with Crippen molar-refractivity contribution in [2.75, 3.05) is 5.43 Å². The van der Waals surface area contributed by atoms with Crippen LogP contribution in [0.4, 0.5) is 9.52 Å². The van der Waals surface area contributed by atoms with Crippen LogP contribution in [0.5, 0.6) is 0 Å². The number of thiazole rings is 1. The third-order valence-electron chi connectivity index (χ3n) is 4.59. The van der Waals surface area contributed by atoms with E-state index in [0.717, 1.165) is 23.4 Å². The number of nitrogens with one attached hydrogen (secondary N) is 1. The van der Waals surface area contributed by atoms with Gasteiger partial charge in [-0.05, 0) is 44.2 Å². The molecule has 27 heavy (non-hydrogen) atoms. The minimum Gasteiger partial charge on any atom is -0.344 e. The molecule has 0 atom stereocenters. The maximum absolute atomic E-state index is 13.1. The number of aromatic nitrogens is 2. The Balaban J connectivity index is 1.56. The van der Waals surface area contributed by atoms with Crippen molar-refractivity contribution in [1.29, 1.82) is 0 Å². The first-order chi connectivity index (χ1) is 13.2. The lowest BCUT2D eigenvalue weighted by Gasteiger charge is -2.03. The van der Waals surface area contributed by atoms with Crippen molar-refractivity contribution in [1.82, 2.24) is 9.55 Å². The van der Waals surface area contributed by atoms with E-state index in [0.29, 0.717) is 5.13 Å². The van der Waals surface area contributed by atoms with Gasteiger partial charge in [0.1, 0.15) is 5.82 Å². The fraction of sp³-hybridized carbons (Fsp3) is 0.143. The van der Waals surface area contributed by atoms with Crippen molar-refractivity contribution in [3.05, 3.63) is 71.0 Å². The maximum Gasteiger partial charge on any atom is 0.203 e. The zero-order valence-electron chi connectivity index (χ0n) is 15.1. The topological polar surface area (TPSA) is 42.2 Å². The lowest BCUT2D eigenvalue weighted by molar-refractivity contribution is 0.628. The van der Waals surface area contributed by atoms with Gasteiger partial charge in [0, 0.05) is 39.6 Å². The highest BCUT2D eigenvalue weighted by Gasteiger charge is 2.11. The summed E-state index contributed by atoms with van der Waals surface area (Å²) in [5.74, 6) is -0.251. The summed E-state index contributed by atoms with van der Waals surface area (Å²) in [6, 6.07) is 14.7. The number of rotatable bonds is 5. The van der Waals surface area contributed by atoms with Crippen LogP contribution in [0.3, 0.4) is 0 Å². The third kappa shape index (κ3) is 3.36. The molecule has 2 aromatic heterocycles. The molecule has 2 heterocycles. The van der Waals surface area contributed by atoms with Crippen LogP contribution in [0.15, 0.2) is 59.0 Å². The summed E-state index contributed by atoms with van der Waals surface area (Å²) < 4.78 is 15.3. The van der Waals surface area contributed by atoms with Gasteiger partial charge in [-0.15, -0.1) is 11.3 Å². The van der Waals surface area contributed by atoms with Crippen LogP contribution in [-0.4, -0.2) is 15.8 Å². The molecule has 4 aromatic rings. The number of hydrazone groups is 1. The molecule has 4 rings (SSSR count). The molecule has 0 aliphatic carbocycles. The van der Waals surface area contributed by atoms with E-state index >= 15 is 0 Å². The summed E-state index contributed by atoms with van der Waals surface area (Å²) >= 11 is 1.47. The molecule has 0 bridgehead atoms. The minimum absolute atomic E-state index is 0.251. The second-order valence-electron chi connectivity index (χ2n) is 6.18. The number of halogens is 1. The molecular formula is C21H19FN4S. The maximum atomic E-state index is 13.1. The third-order valence-corrected chi connectivity index (χ3v) is 5.34. The molecule has 136 valence electrons. The quantitative estimate of drug-likeness (QED) is 0.359. The van der Waals surface area contributed by atoms with E-state index in [1.807, 2.05) is 17.7 Å². The predicted molar refractivity (Wildman–Crippen MR) is 111 cm³/mol. The van der Waals surface area contributed by atoms with Gasteiger partial charge in [-0.2, -0.15) is 5.10 Å². The van der Waals surface area contributed by atoms with Crippen LogP contribution in [0.1, 0.15) is 18.2 Å². The normalized spacial score (nSPS) is 11.5. The van der Waals surface area contributed by atoms with Gasteiger partial charge in [0.05, 0.1) is 11.9 Å². The Morgan fingerprint density at radius 2 is 1.96 bits per heavy atom. The fourth-order valence-electron chi connectivity index (χ4n) is 3.26. The summed E-state index contributed by atoms with van der Waals surface area (Å²) in [4.78, 5) is 4.51. The molecule has 0 fully saturated rings. The SMILES string of the molecule is CCn1c(C)c(/C=N\Nc2nc(-c3ccc(F)cc3)cs2)c2ccccc21. The van der Waals surface area contributed by atoms with Gasteiger partial charge >= 0.3 is 0 Å². The van der Waals surface area contributed by atoms with Gasteiger partial charge in [0.2, 0.25) is 5.13 Å². The molecule has 0 aliphatic heterocycles. The molecular weight excluding hydrogens is 359 g/mol. The lowest BCUT2D eigenvalue weighted by Crippen LogP contribution is -1.97. The fourth-order valence-corrected chi connectivity index (χ4v) is 3.93. The van der Waals surface area contributed by atoms with Crippen molar-refractivity contribution < 1.29 is 4.39 Å². The average molecular weight is 378 g/mol. The Bertz CT molecular complexity index is 1110. The molecule has 0 spiro atoms. The molecule has 0 radical (unpaired) electrons. The van der Waals surface area contributed by atoms with E-state index < -0.39 is 0 Å². The van der Waals surface area contributed by atoms with Crippen LogP contribution in [-0.2, 0) is 6.54 Å². The number of hydrogen-bond acceptors (Lipinski definition) is 4. The number of aryl methyl sites for hydroxylation is 1. The van der Waals surface area contributed by atoms with Crippen LogP contribution in [0.2, 0.25) is 0 Å². The molecule has 0 saturated heterocycles. The van der Waals surface area contributed by atoms with E-state index in [1.54, 1.807) is 12.1 Å². The second-order valence-corrected chi connectivity index (χ2v) is 7.03. The summed E-state index contributed by atoms with van der Waals surface area (Å²) in [6.45, 7) is 5.17. The van der Waals surface area contributed by atoms with Gasteiger partial charge in [-0.3, -0.25) is 5.43 Å². The second kappa shape index (κ2) is 7.32. The van der Waals surface area contributed by atoms with Crippen LogP contribution in [0, 0.1) is 12.7 Å². The zero-order chi connectivity index (χ0) is 18.8. The standard InChI is InChI=1S/C21H19FN4S/c1-3-26-14(2)18(17-6-4-5-7-20(17)26)12-23-25-21-24-19(13-27-21)15-8-10-16(22)11-9-15/h4-13H,3H2,1-2H3,(H,24,25)/b23-12-. The number of hydrogen-bond donors (Lipinski definition) is 1. The lowest BCUT2D eigenvalue weighted by atomic mass is 10.1. The molecule has 0 aliphatic rings. The van der Waals surface area contributed by atoms with Crippen LogP contribution < -0.4 is 5.43 Å². The predicted octanol–water partition coefficient (Wildman–Crippen LogP) is 5.68. The average Bonchev–Trinajstić information content (AvgIpc) is 3.25. The monoisotopic (exact) mass is 378 g/mol. The van der Waals surface area contributed by atoms with E-state index in [4.69, 9.17) is 0 Å². The number of benzene rings is 2. The van der Waals surface area contributed by atoms with Gasteiger partial charge in [0.15, 0.2) is 0 Å². The molecule has 0 saturated carbocycles. The number of anilines is 1. The zero-order valence-corrected chi connectivity index (χ0v) is 15.9. The first kappa shape index (κ1) is 17.4. The highest BCUT2D eigenvalue weighted by atomic mass is 32.1. The van der Waals surface area contributed by atoms with E-state index in [9.17, 15) is 4.39 Å². The summed E-state index contributed by atoms with van der Waals surface area (Å²) in [5, 5.41) is 8.21. The van der Waals surface area contributed by atoms with Gasteiger partial charge in [-0.1, -0.05) is 18.2 Å². The summed E-state index contributed by atoms with van der Waals surface area (Å²) in [7, 11) is 0. The molecule has 2 aromatic carbocycles. The van der Waals surface area contributed by atoms with Crippen molar-refractivity contribution in [3.8, 4) is 11.3 Å². The molecule has 6 heteroatoms. The first-order valence-corrected chi connectivity index (χ1v) is 9.63. The minimum atomic E-state index is -0.251. The smallest absolute Gasteiger partial charge is 0.203 e. The molecule has 4 nitrogen and oxygen atoms in total. The van der Waals surface area contributed by atoms with Crippen molar-refractivity contribution in [2.24, 2.45) is 5.10 Å². The Kier molecular flexibility index (Phi) is 4.73. The van der Waals surface area contributed by atoms with Gasteiger partial charge in [0.25, 0.3) is 0 Å². The van der Waals surface area contributed by atoms with Gasteiger partial charge < -0.3 is 4.57 Å². The van der Waals surface area contributed by atoms with Crippen molar-refractivity contribution in [3.63, 3.8) is 0 Å². The Morgan fingerprint density at radius 1 is 1.19 bits per heavy atom. The molecule has 0 amide bonds. The summed E-state index contributed by atoms with van der Waals surface area (Å²) in [6.07, 6.45) is 1.85. The van der Waals surface area contributed by atoms with E-state index in [-0.39, 0.29) is 5.82 Å². The van der Waals surface area contributed by atoms with Crippen LogP contribution in [0.25, 0.3) is 22.2 Å². The van der Waals surface area contributed by atoms with Crippen molar-refractivity contribution in [2.45, 2.75) is 20.4 Å². The van der Waals surface area contributed by atoms with E-state index in [2.05, 4.69) is 52.1 Å². The summed E-state index contributed by atoms with van der Waals surface area (Å²) in [5.41, 5.74) is 8.20. The first-order valence-electron chi connectivity index (χ1n) is 8.75. The number of para-hydroxylation sites is 1. The Morgan fingerprint density at radius 3 is 2.74 bits per heavy atom. The highest BCUT2D eigenvalue weighted by molar-refractivity contribution is 7.14.